The fourth-order valence-corrected chi connectivity index (χ4v) is 3.32. The van der Waals surface area contributed by atoms with E-state index in [-0.39, 0.29) is 11.7 Å². The van der Waals surface area contributed by atoms with Gasteiger partial charge in [0.2, 0.25) is 5.91 Å². The van der Waals surface area contributed by atoms with Gasteiger partial charge >= 0.3 is 0 Å². The van der Waals surface area contributed by atoms with Gasteiger partial charge in [-0.15, -0.1) is 11.8 Å². The zero-order valence-electron chi connectivity index (χ0n) is 14.8. The minimum Gasteiger partial charge on any atom is -0.326 e. The molecule has 0 heterocycles. The van der Waals surface area contributed by atoms with Crippen molar-refractivity contribution in [3.05, 3.63) is 59.9 Å². The van der Waals surface area contributed by atoms with Crippen molar-refractivity contribution < 1.29 is 9.18 Å². The number of nitrogens with zero attached hydrogens (tertiary/aromatic N) is 1. The first-order chi connectivity index (χ1) is 12.1. The summed E-state index contributed by atoms with van der Waals surface area (Å²) < 4.78 is 12.9. The summed E-state index contributed by atoms with van der Waals surface area (Å²) in [5, 5.41) is 2.96. The van der Waals surface area contributed by atoms with Crippen LogP contribution in [-0.4, -0.2) is 29.6 Å². The van der Waals surface area contributed by atoms with E-state index < -0.39 is 0 Å². The molecule has 0 spiro atoms. The molecule has 2 aromatic carbocycles. The van der Waals surface area contributed by atoms with E-state index in [4.69, 9.17) is 0 Å². The first-order valence-corrected chi connectivity index (χ1v) is 9.58. The van der Waals surface area contributed by atoms with Crippen LogP contribution in [0.1, 0.15) is 25.8 Å². The Morgan fingerprint density at radius 3 is 2.52 bits per heavy atom. The van der Waals surface area contributed by atoms with Crippen LogP contribution >= 0.6 is 11.8 Å². The number of carbonyl (C=O) groups excluding carboxylic acids is 1. The molecule has 2 rings (SSSR count). The van der Waals surface area contributed by atoms with Crippen LogP contribution in [0.4, 0.5) is 10.1 Å². The van der Waals surface area contributed by atoms with Gasteiger partial charge in [0.25, 0.3) is 0 Å². The van der Waals surface area contributed by atoms with Crippen LogP contribution in [0, 0.1) is 5.82 Å². The van der Waals surface area contributed by atoms with Crippen molar-refractivity contribution in [1.29, 1.82) is 0 Å². The second-order valence-corrected chi connectivity index (χ2v) is 6.93. The van der Waals surface area contributed by atoms with Crippen LogP contribution in [0.15, 0.2) is 53.4 Å². The Hall–Kier alpha value is -1.85. The predicted octanol–water partition coefficient (Wildman–Crippen LogP) is 4.79. The van der Waals surface area contributed by atoms with Gasteiger partial charge in [-0.1, -0.05) is 26.0 Å². The molecule has 5 heteroatoms. The number of carbonyl (C=O) groups is 1. The Balaban J connectivity index is 1.80. The zero-order chi connectivity index (χ0) is 18.1. The summed E-state index contributed by atoms with van der Waals surface area (Å²) >= 11 is 1.55. The molecule has 0 atom stereocenters. The third-order valence-corrected chi connectivity index (χ3v) is 4.94. The average Bonchev–Trinajstić information content (AvgIpc) is 2.61. The molecule has 0 aliphatic rings. The highest BCUT2D eigenvalue weighted by molar-refractivity contribution is 7.99. The van der Waals surface area contributed by atoms with Crippen molar-refractivity contribution in [2.75, 3.05) is 24.2 Å². The lowest BCUT2D eigenvalue weighted by atomic mass is 10.2. The van der Waals surface area contributed by atoms with Crippen LogP contribution in [0.2, 0.25) is 0 Å². The van der Waals surface area contributed by atoms with E-state index in [9.17, 15) is 9.18 Å². The second-order valence-electron chi connectivity index (χ2n) is 5.76. The monoisotopic (exact) mass is 360 g/mol. The van der Waals surface area contributed by atoms with Gasteiger partial charge in [0.15, 0.2) is 0 Å². The molecule has 3 nitrogen and oxygen atoms in total. The number of thioether (sulfide) groups is 1. The quantitative estimate of drug-likeness (QED) is 0.653. The van der Waals surface area contributed by atoms with E-state index in [1.165, 1.54) is 17.7 Å². The number of halogens is 1. The molecular weight excluding hydrogens is 335 g/mol. The zero-order valence-corrected chi connectivity index (χ0v) is 15.6. The summed E-state index contributed by atoms with van der Waals surface area (Å²) in [4.78, 5) is 15.4. The number of amides is 1. The van der Waals surface area contributed by atoms with Crippen molar-refractivity contribution in [1.82, 2.24) is 4.90 Å². The maximum absolute atomic E-state index is 12.9. The van der Waals surface area contributed by atoms with Gasteiger partial charge in [0.05, 0.1) is 0 Å². The van der Waals surface area contributed by atoms with Crippen LogP contribution in [-0.2, 0) is 11.3 Å². The summed E-state index contributed by atoms with van der Waals surface area (Å²) in [6.07, 6.45) is 0.419. The van der Waals surface area contributed by atoms with Crippen LogP contribution in [0.25, 0.3) is 0 Å². The summed E-state index contributed by atoms with van der Waals surface area (Å²) in [5.41, 5.74) is 2.03. The van der Waals surface area contributed by atoms with E-state index in [1.54, 1.807) is 23.9 Å². The van der Waals surface area contributed by atoms with Crippen molar-refractivity contribution in [2.24, 2.45) is 0 Å². The number of hydrogen-bond acceptors (Lipinski definition) is 3. The lowest BCUT2D eigenvalue weighted by Gasteiger charge is -2.18. The van der Waals surface area contributed by atoms with Crippen molar-refractivity contribution in [3.8, 4) is 0 Å². The molecule has 1 N–H and O–H groups in total. The van der Waals surface area contributed by atoms with E-state index in [1.807, 2.05) is 18.2 Å². The van der Waals surface area contributed by atoms with Gasteiger partial charge < -0.3 is 5.32 Å². The minimum absolute atomic E-state index is 0.00500. The van der Waals surface area contributed by atoms with Gasteiger partial charge in [-0.25, -0.2) is 4.39 Å². The maximum atomic E-state index is 12.9. The number of benzene rings is 2. The van der Waals surface area contributed by atoms with Gasteiger partial charge in [0.1, 0.15) is 5.82 Å². The third-order valence-electron chi connectivity index (χ3n) is 3.92. The summed E-state index contributed by atoms with van der Waals surface area (Å²) in [6, 6.07) is 14.3. The largest absolute Gasteiger partial charge is 0.326 e. The van der Waals surface area contributed by atoms with Crippen LogP contribution < -0.4 is 5.32 Å². The fourth-order valence-electron chi connectivity index (χ4n) is 2.47. The number of rotatable bonds is 9. The average molecular weight is 360 g/mol. The Bertz CT molecular complexity index is 672. The highest BCUT2D eigenvalue weighted by atomic mass is 32.2. The molecule has 1 amide bonds. The summed E-state index contributed by atoms with van der Waals surface area (Å²) in [7, 11) is 0. The van der Waals surface area contributed by atoms with Crippen molar-refractivity contribution in [3.63, 3.8) is 0 Å². The number of nitrogens with one attached hydrogen (secondary N) is 1. The van der Waals surface area contributed by atoms with Crippen molar-refractivity contribution >= 4 is 23.4 Å². The van der Waals surface area contributed by atoms with Crippen molar-refractivity contribution in [2.45, 2.75) is 31.7 Å². The first-order valence-electron chi connectivity index (χ1n) is 8.60. The molecular formula is C20H25FN2OS. The molecule has 134 valence electrons. The van der Waals surface area contributed by atoms with Crippen LogP contribution in [0.5, 0.6) is 0 Å². The molecule has 0 fully saturated rings. The molecule has 0 aromatic heterocycles. The SMILES string of the molecule is CCN(CC)Cc1cccc(NC(=O)CCSc2ccc(F)cc2)c1. The third kappa shape index (κ3) is 6.88. The number of hydrogen-bond donors (Lipinski definition) is 1. The predicted molar refractivity (Wildman–Crippen MR) is 103 cm³/mol. The molecule has 0 bridgehead atoms. The standard InChI is InChI=1S/C20H25FN2OS/c1-3-23(4-2)15-16-6-5-7-18(14-16)22-20(24)12-13-25-19-10-8-17(21)9-11-19/h5-11,14H,3-4,12-13,15H2,1-2H3,(H,22,24). The Kier molecular flexibility index (Phi) is 7.95. The highest BCUT2D eigenvalue weighted by Gasteiger charge is 2.06. The molecule has 0 saturated carbocycles. The number of anilines is 1. The topological polar surface area (TPSA) is 32.3 Å². The summed E-state index contributed by atoms with van der Waals surface area (Å²) in [5.74, 6) is 0.414. The molecule has 25 heavy (non-hydrogen) atoms. The Labute approximate surface area is 153 Å². The van der Waals surface area contributed by atoms with Crippen LogP contribution in [0.3, 0.4) is 0 Å². The molecule has 2 aromatic rings. The fraction of sp³-hybridized carbons (Fsp3) is 0.350. The normalized spacial score (nSPS) is 10.9. The minimum atomic E-state index is -0.244. The second kappa shape index (κ2) is 10.2. The smallest absolute Gasteiger partial charge is 0.225 e. The molecule has 0 radical (unpaired) electrons. The molecule has 0 aliphatic carbocycles. The highest BCUT2D eigenvalue weighted by Crippen LogP contribution is 2.19. The van der Waals surface area contributed by atoms with E-state index in [0.717, 1.165) is 30.2 Å². The lowest BCUT2D eigenvalue weighted by molar-refractivity contribution is -0.115. The first kappa shape index (κ1) is 19.5. The van der Waals surface area contributed by atoms with Gasteiger partial charge in [-0.3, -0.25) is 9.69 Å². The molecule has 0 saturated heterocycles. The maximum Gasteiger partial charge on any atom is 0.225 e. The van der Waals surface area contributed by atoms with E-state index in [2.05, 4.69) is 30.1 Å². The van der Waals surface area contributed by atoms with E-state index in [0.29, 0.717) is 12.2 Å². The van der Waals surface area contributed by atoms with Gasteiger partial charge in [-0.05, 0) is 55.1 Å². The van der Waals surface area contributed by atoms with Gasteiger partial charge in [-0.2, -0.15) is 0 Å². The lowest BCUT2D eigenvalue weighted by Crippen LogP contribution is -2.22. The van der Waals surface area contributed by atoms with E-state index >= 15 is 0 Å². The van der Waals surface area contributed by atoms with Gasteiger partial charge in [0, 0.05) is 29.3 Å². The summed E-state index contributed by atoms with van der Waals surface area (Å²) in [6.45, 7) is 7.19. The molecule has 0 unspecified atom stereocenters. The molecule has 0 aliphatic heterocycles. The Morgan fingerprint density at radius 2 is 1.84 bits per heavy atom. The Morgan fingerprint density at radius 1 is 1.12 bits per heavy atom.